The minimum Gasteiger partial charge on any atom is -0.395 e. The van der Waals surface area contributed by atoms with E-state index in [1.807, 2.05) is 0 Å². The summed E-state index contributed by atoms with van der Waals surface area (Å²) in [6.07, 6.45) is 5.34. The maximum absolute atomic E-state index is 11.2. The summed E-state index contributed by atoms with van der Waals surface area (Å²) in [4.78, 5) is 0. The fraction of sp³-hybridized carbons (Fsp3) is 1.00. The van der Waals surface area contributed by atoms with Gasteiger partial charge in [-0.15, -0.1) is 0 Å². The Kier molecular flexibility index (Phi) is 3.12. The van der Waals surface area contributed by atoms with Crippen LogP contribution >= 0.6 is 0 Å². The zero-order valence-corrected chi connectivity index (χ0v) is 8.18. The van der Waals surface area contributed by atoms with Crippen molar-refractivity contribution in [1.82, 2.24) is 0 Å². The van der Waals surface area contributed by atoms with Crippen molar-refractivity contribution in [2.45, 2.75) is 30.9 Å². The smallest absolute Gasteiger partial charge is 0.152 e. The average molecular weight is 192 g/mol. The van der Waals surface area contributed by atoms with E-state index in [0.29, 0.717) is 0 Å². The number of aliphatic hydroxyl groups is 1. The van der Waals surface area contributed by atoms with Crippen molar-refractivity contribution >= 4 is 9.84 Å². The number of hydrogen-bond acceptors (Lipinski definition) is 3. The molecule has 3 nitrogen and oxygen atoms in total. The maximum atomic E-state index is 11.2. The highest BCUT2D eigenvalue weighted by Crippen LogP contribution is 2.30. The van der Waals surface area contributed by atoms with Crippen LogP contribution in [-0.4, -0.2) is 31.6 Å². The maximum Gasteiger partial charge on any atom is 0.152 e. The molecule has 1 fully saturated rings. The Morgan fingerprint density at radius 2 is 1.92 bits per heavy atom. The fourth-order valence-electron chi connectivity index (χ4n) is 1.96. The third kappa shape index (κ3) is 2.20. The Labute approximate surface area is 73.7 Å². The Morgan fingerprint density at radius 1 is 1.42 bits per heavy atom. The van der Waals surface area contributed by atoms with Crippen LogP contribution in [0.15, 0.2) is 0 Å². The highest BCUT2D eigenvalue weighted by molar-refractivity contribution is 7.91. The van der Waals surface area contributed by atoms with Gasteiger partial charge in [0.1, 0.15) is 0 Å². The van der Waals surface area contributed by atoms with Crippen LogP contribution in [0.1, 0.15) is 25.7 Å². The molecular weight excluding hydrogens is 176 g/mol. The molecule has 0 bridgehead atoms. The van der Waals surface area contributed by atoms with Gasteiger partial charge in [-0.1, -0.05) is 12.8 Å². The second kappa shape index (κ2) is 3.75. The van der Waals surface area contributed by atoms with Gasteiger partial charge in [0, 0.05) is 6.26 Å². The van der Waals surface area contributed by atoms with Crippen LogP contribution < -0.4 is 0 Å². The average Bonchev–Trinajstić information content (AvgIpc) is 2.38. The van der Waals surface area contributed by atoms with Gasteiger partial charge in [0.2, 0.25) is 0 Å². The first kappa shape index (κ1) is 9.99. The first-order valence-corrected chi connectivity index (χ1v) is 6.31. The topological polar surface area (TPSA) is 54.4 Å². The molecule has 0 aromatic carbocycles. The quantitative estimate of drug-likeness (QED) is 0.711. The van der Waals surface area contributed by atoms with Crippen LogP contribution in [0, 0.1) is 5.92 Å². The number of rotatable bonds is 3. The van der Waals surface area contributed by atoms with Crippen LogP contribution in [0.25, 0.3) is 0 Å². The Hall–Kier alpha value is -0.0900. The highest BCUT2D eigenvalue weighted by atomic mass is 32.2. The van der Waals surface area contributed by atoms with Gasteiger partial charge in [0.15, 0.2) is 9.84 Å². The lowest BCUT2D eigenvalue weighted by molar-refractivity contribution is 0.260. The van der Waals surface area contributed by atoms with Crippen LogP contribution in [0.2, 0.25) is 0 Å². The fourth-order valence-corrected chi connectivity index (χ4v) is 3.21. The van der Waals surface area contributed by atoms with Crippen molar-refractivity contribution in [2.75, 3.05) is 12.9 Å². The van der Waals surface area contributed by atoms with E-state index in [-0.39, 0.29) is 12.5 Å². The predicted molar refractivity (Wildman–Crippen MR) is 47.7 cm³/mol. The molecule has 0 radical (unpaired) electrons. The van der Waals surface area contributed by atoms with Gasteiger partial charge in [-0.2, -0.15) is 0 Å². The van der Waals surface area contributed by atoms with Crippen LogP contribution in [0.4, 0.5) is 0 Å². The molecular formula is C8H16O3S. The third-order valence-electron chi connectivity index (χ3n) is 2.66. The van der Waals surface area contributed by atoms with E-state index in [4.69, 9.17) is 5.11 Å². The molecule has 0 aromatic rings. The molecule has 0 saturated heterocycles. The van der Waals surface area contributed by atoms with E-state index < -0.39 is 15.1 Å². The van der Waals surface area contributed by atoms with E-state index in [1.165, 1.54) is 6.26 Å². The molecule has 0 aliphatic heterocycles. The largest absolute Gasteiger partial charge is 0.395 e. The Bertz CT molecular complexity index is 227. The summed E-state index contributed by atoms with van der Waals surface area (Å²) in [7, 11) is -3.05. The summed E-state index contributed by atoms with van der Waals surface area (Å²) in [6, 6.07) is 0. The second-order valence-corrected chi connectivity index (χ2v) is 5.86. The minimum absolute atomic E-state index is 0.199. The van der Waals surface area contributed by atoms with Crippen molar-refractivity contribution in [1.29, 1.82) is 0 Å². The predicted octanol–water partition coefficient (Wildman–Crippen LogP) is 0.582. The Morgan fingerprint density at radius 3 is 2.25 bits per heavy atom. The zero-order valence-electron chi connectivity index (χ0n) is 7.36. The van der Waals surface area contributed by atoms with E-state index in [9.17, 15) is 8.42 Å². The van der Waals surface area contributed by atoms with Gasteiger partial charge in [0.05, 0.1) is 11.9 Å². The standard InChI is InChI=1S/C8H16O3S/c1-12(10,11)8(6-9)7-4-2-3-5-7/h7-9H,2-6H2,1H3. The van der Waals surface area contributed by atoms with Gasteiger partial charge in [0.25, 0.3) is 0 Å². The zero-order chi connectivity index (χ0) is 9.19. The molecule has 1 rings (SSSR count). The van der Waals surface area contributed by atoms with Crippen molar-refractivity contribution < 1.29 is 13.5 Å². The second-order valence-electron chi connectivity index (χ2n) is 3.60. The summed E-state index contributed by atoms with van der Waals surface area (Å²) in [5.41, 5.74) is 0. The molecule has 1 aliphatic carbocycles. The van der Waals surface area contributed by atoms with Crippen LogP contribution in [0.3, 0.4) is 0 Å². The molecule has 1 unspecified atom stereocenters. The lowest BCUT2D eigenvalue weighted by Gasteiger charge is -2.18. The third-order valence-corrected chi connectivity index (χ3v) is 4.29. The van der Waals surface area contributed by atoms with E-state index in [0.717, 1.165) is 25.7 Å². The molecule has 0 aromatic heterocycles. The van der Waals surface area contributed by atoms with Gasteiger partial charge >= 0.3 is 0 Å². The molecule has 1 saturated carbocycles. The van der Waals surface area contributed by atoms with Crippen molar-refractivity contribution in [3.63, 3.8) is 0 Å². The lowest BCUT2D eigenvalue weighted by atomic mass is 10.0. The summed E-state index contributed by atoms with van der Waals surface area (Å²) >= 11 is 0. The van der Waals surface area contributed by atoms with E-state index >= 15 is 0 Å². The van der Waals surface area contributed by atoms with Gasteiger partial charge in [-0.25, -0.2) is 8.42 Å². The molecule has 0 spiro atoms. The SMILES string of the molecule is CS(=O)(=O)C(CO)C1CCCC1. The highest BCUT2D eigenvalue weighted by Gasteiger charge is 2.31. The van der Waals surface area contributed by atoms with Crippen molar-refractivity contribution in [2.24, 2.45) is 5.92 Å². The van der Waals surface area contributed by atoms with Gasteiger partial charge in [-0.05, 0) is 18.8 Å². The monoisotopic (exact) mass is 192 g/mol. The lowest BCUT2D eigenvalue weighted by Crippen LogP contribution is -2.31. The minimum atomic E-state index is -3.05. The normalized spacial score (nSPS) is 22.8. The summed E-state index contributed by atoms with van der Waals surface area (Å²) in [5.74, 6) is 0.199. The Balaban J connectivity index is 2.68. The molecule has 1 atom stereocenters. The van der Waals surface area contributed by atoms with Crippen LogP contribution in [-0.2, 0) is 9.84 Å². The first-order chi connectivity index (χ1) is 5.55. The summed E-state index contributed by atoms with van der Waals surface area (Å²) in [6.45, 7) is -0.219. The molecule has 12 heavy (non-hydrogen) atoms. The van der Waals surface area contributed by atoms with Crippen molar-refractivity contribution in [3.05, 3.63) is 0 Å². The van der Waals surface area contributed by atoms with Gasteiger partial charge < -0.3 is 5.11 Å². The number of sulfone groups is 1. The molecule has 72 valence electrons. The summed E-state index contributed by atoms with van der Waals surface area (Å²) < 4.78 is 22.4. The van der Waals surface area contributed by atoms with Crippen LogP contribution in [0.5, 0.6) is 0 Å². The molecule has 4 heteroatoms. The molecule has 1 N–H and O–H groups in total. The van der Waals surface area contributed by atoms with E-state index in [1.54, 1.807) is 0 Å². The molecule has 0 heterocycles. The summed E-state index contributed by atoms with van der Waals surface area (Å²) in [5, 5.41) is 8.43. The first-order valence-electron chi connectivity index (χ1n) is 4.35. The number of aliphatic hydroxyl groups excluding tert-OH is 1. The molecule has 1 aliphatic rings. The molecule has 0 amide bonds. The number of hydrogen-bond donors (Lipinski definition) is 1. The van der Waals surface area contributed by atoms with Gasteiger partial charge in [-0.3, -0.25) is 0 Å². The van der Waals surface area contributed by atoms with Crippen molar-refractivity contribution in [3.8, 4) is 0 Å². The van der Waals surface area contributed by atoms with E-state index in [2.05, 4.69) is 0 Å².